The Kier molecular flexibility index (Phi) is 2.79. The van der Waals surface area contributed by atoms with Crippen molar-refractivity contribution in [3.05, 3.63) is 18.0 Å². The van der Waals surface area contributed by atoms with Crippen molar-refractivity contribution in [3.63, 3.8) is 0 Å². The van der Waals surface area contributed by atoms with E-state index in [1.54, 1.807) is 6.20 Å². The highest BCUT2D eigenvalue weighted by molar-refractivity contribution is 7.90. The van der Waals surface area contributed by atoms with Crippen LogP contribution in [-0.4, -0.2) is 19.1 Å². The molecule has 15 heavy (non-hydrogen) atoms. The average Bonchev–Trinajstić information content (AvgIpc) is 2.67. The maximum Gasteiger partial charge on any atom is 0.136 e. The maximum atomic E-state index is 11.9. The minimum atomic E-state index is -1.01. The zero-order valence-electron chi connectivity index (χ0n) is 9.36. The molecule has 84 valence electrons. The van der Waals surface area contributed by atoms with Crippen molar-refractivity contribution in [1.82, 2.24) is 14.5 Å². The highest BCUT2D eigenvalue weighted by atomic mass is 32.2. The topological polar surface area (TPSA) is 52.9 Å². The summed E-state index contributed by atoms with van der Waals surface area (Å²) in [6, 6.07) is 2.18. The van der Waals surface area contributed by atoms with Crippen LogP contribution in [0.1, 0.15) is 38.9 Å². The summed E-state index contributed by atoms with van der Waals surface area (Å²) in [6.07, 6.45) is 2.77. The van der Waals surface area contributed by atoms with E-state index in [9.17, 15) is 4.55 Å². The second kappa shape index (κ2) is 3.81. The van der Waals surface area contributed by atoms with Crippen molar-refractivity contribution in [1.29, 1.82) is 0 Å². The molecule has 0 radical (unpaired) electrons. The Morgan fingerprint density at radius 1 is 1.60 bits per heavy atom. The Balaban J connectivity index is 2.04. The summed E-state index contributed by atoms with van der Waals surface area (Å²) in [5.74, 6) is 0. The lowest BCUT2D eigenvalue weighted by Crippen LogP contribution is -2.40. The number of nitrogens with zero attached hydrogens (tertiary/aromatic N) is 2. The van der Waals surface area contributed by atoms with Gasteiger partial charge in [0.15, 0.2) is 0 Å². The molecule has 2 heterocycles. The van der Waals surface area contributed by atoms with E-state index in [0.717, 1.165) is 18.7 Å². The van der Waals surface area contributed by atoms with Crippen molar-refractivity contribution >= 4 is 11.4 Å². The van der Waals surface area contributed by atoms with Crippen LogP contribution in [0, 0.1) is 0 Å². The van der Waals surface area contributed by atoms with Gasteiger partial charge in [0, 0.05) is 24.1 Å². The zero-order chi connectivity index (χ0) is 11.1. The van der Waals surface area contributed by atoms with Gasteiger partial charge < -0.3 is 4.55 Å². The molecule has 0 saturated heterocycles. The second-order valence-corrected chi connectivity index (χ2v) is 6.82. The van der Waals surface area contributed by atoms with Gasteiger partial charge in [0.1, 0.15) is 4.75 Å². The quantitative estimate of drug-likeness (QED) is 0.777. The lowest BCUT2D eigenvalue weighted by Gasteiger charge is -2.25. The molecule has 0 spiro atoms. The first kappa shape index (κ1) is 11.0. The van der Waals surface area contributed by atoms with Gasteiger partial charge in [-0.1, -0.05) is 0 Å². The molecule has 0 amide bonds. The van der Waals surface area contributed by atoms with Crippen molar-refractivity contribution in [3.8, 4) is 0 Å². The van der Waals surface area contributed by atoms with Gasteiger partial charge in [0.2, 0.25) is 0 Å². The largest absolute Gasteiger partial charge is 0.598 e. The number of hydrogen-bond donors (Lipinski definition) is 1. The van der Waals surface area contributed by atoms with Crippen LogP contribution in [-0.2, 0) is 17.9 Å². The minimum absolute atomic E-state index is 0.188. The summed E-state index contributed by atoms with van der Waals surface area (Å²) >= 11 is -1.01. The van der Waals surface area contributed by atoms with Crippen LogP contribution in [0.25, 0.3) is 0 Å². The first-order valence-electron chi connectivity index (χ1n) is 5.18. The van der Waals surface area contributed by atoms with Crippen LogP contribution in [0.3, 0.4) is 0 Å². The molecule has 1 aliphatic heterocycles. The van der Waals surface area contributed by atoms with Gasteiger partial charge >= 0.3 is 0 Å². The van der Waals surface area contributed by atoms with E-state index in [-0.39, 0.29) is 10.8 Å². The van der Waals surface area contributed by atoms with E-state index in [0.29, 0.717) is 0 Å². The molecule has 5 heteroatoms. The Bertz CT molecular complexity index is 345. The first-order valence-corrected chi connectivity index (χ1v) is 6.33. The predicted octanol–water partition coefficient (Wildman–Crippen LogP) is 1.38. The minimum Gasteiger partial charge on any atom is -0.598 e. The number of rotatable bonds is 2. The fourth-order valence-corrected chi connectivity index (χ4v) is 2.50. The Labute approximate surface area is 93.4 Å². The van der Waals surface area contributed by atoms with Gasteiger partial charge in [-0.3, -0.25) is 4.68 Å². The van der Waals surface area contributed by atoms with Crippen LogP contribution in [0.4, 0.5) is 0 Å². The number of nitrogens with one attached hydrogen (secondary N) is 1. The molecule has 0 fully saturated rings. The summed E-state index contributed by atoms with van der Waals surface area (Å²) in [6.45, 7) is 6.84. The molecule has 4 nitrogen and oxygen atoms in total. The molecular formula is C10H17N3OS. The van der Waals surface area contributed by atoms with Gasteiger partial charge in [-0.2, -0.15) is 5.10 Å². The fourth-order valence-electron chi connectivity index (χ4n) is 1.65. The lowest BCUT2D eigenvalue weighted by atomic mass is 10.2. The van der Waals surface area contributed by atoms with E-state index in [2.05, 4.69) is 9.82 Å². The molecule has 0 saturated carbocycles. The average molecular weight is 227 g/mol. The Morgan fingerprint density at radius 2 is 2.33 bits per heavy atom. The Morgan fingerprint density at radius 3 is 3.00 bits per heavy atom. The molecule has 0 aromatic carbocycles. The van der Waals surface area contributed by atoms with Crippen LogP contribution in [0.15, 0.2) is 12.3 Å². The molecule has 2 atom stereocenters. The SMILES string of the molecule is CC(C)(C)[S+]([O-])N[C@@H]1CCn2nccc21. The van der Waals surface area contributed by atoms with Crippen molar-refractivity contribution < 1.29 is 4.55 Å². The van der Waals surface area contributed by atoms with E-state index in [1.165, 1.54) is 0 Å². The third-order valence-electron chi connectivity index (χ3n) is 2.54. The van der Waals surface area contributed by atoms with Crippen molar-refractivity contribution in [2.75, 3.05) is 0 Å². The van der Waals surface area contributed by atoms with Gasteiger partial charge in [-0.05, 0) is 33.3 Å². The van der Waals surface area contributed by atoms with E-state index in [1.807, 2.05) is 31.5 Å². The van der Waals surface area contributed by atoms with Gasteiger partial charge in [-0.25, -0.2) is 0 Å². The molecule has 0 aliphatic carbocycles. The standard InChI is InChI=1S/C10H17N3OS/c1-10(2,3)15(14)12-8-5-7-13-9(8)4-6-11-13/h4,6,8,12H,5,7H2,1-3H3/t8-,15?/m1/s1. The molecule has 1 aliphatic rings. The summed E-state index contributed by atoms with van der Waals surface area (Å²) < 4.78 is 16.8. The number of fused-ring (bicyclic) bond motifs is 1. The highest BCUT2D eigenvalue weighted by Gasteiger charge is 2.33. The fraction of sp³-hybridized carbons (Fsp3) is 0.700. The molecule has 2 rings (SSSR count). The number of aromatic nitrogens is 2. The summed E-state index contributed by atoms with van der Waals surface area (Å²) in [4.78, 5) is 0. The predicted molar refractivity (Wildman–Crippen MR) is 60.6 cm³/mol. The summed E-state index contributed by atoms with van der Waals surface area (Å²) in [5, 5.41) is 4.19. The summed E-state index contributed by atoms with van der Waals surface area (Å²) in [5.41, 5.74) is 1.15. The van der Waals surface area contributed by atoms with E-state index < -0.39 is 11.4 Å². The Hall–Kier alpha value is -0.520. The van der Waals surface area contributed by atoms with Gasteiger partial charge in [-0.15, -0.1) is 4.72 Å². The van der Waals surface area contributed by atoms with E-state index >= 15 is 0 Å². The highest BCUT2D eigenvalue weighted by Crippen LogP contribution is 2.27. The maximum absolute atomic E-state index is 11.9. The van der Waals surface area contributed by atoms with Crippen LogP contribution < -0.4 is 4.72 Å². The second-order valence-electron chi connectivity index (χ2n) is 4.82. The number of hydrogen-bond acceptors (Lipinski definition) is 3. The van der Waals surface area contributed by atoms with Crippen LogP contribution in [0.2, 0.25) is 0 Å². The third-order valence-corrected chi connectivity index (χ3v) is 4.15. The normalized spacial score (nSPS) is 22.8. The molecule has 1 unspecified atom stereocenters. The molecule has 1 aromatic heterocycles. The summed E-state index contributed by atoms with van der Waals surface area (Å²) in [7, 11) is 0. The molecular weight excluding hydrogens is 210 g/mol. The van der Waals surface area contributed by atoms with Crippen molar-refractivity contribution in [2.45, 2.75) is 44.5 Å². The third kappa shape index (κ3) is 2.19. The zero-order valence-corrected chi connectivity index (χ0v) is 10.2. The first-order chi connectivity index (χ1) is 6.98. The van der Waals surface area contributed by atoms with Crippen LogP contribution in [0.5, 0.6) is 0 Å². The number of aryl methyl sites for hydroxylation is 1. The van der Waals surface area contributed by atoms with E-state index in [4.69, 9.17) is 0 Å². The van der Waals surface area contributed by atoms with Gasteiger partial charge in [0.25, 0.3) is 0 Å². The van der Waals surface area contributed by atoms with Crippen molar-refractivity contribution in [2.24, 2.45) is 0 Å². The molecule has 0 bridgehead atoms. The molecule has 1 N–H and O–H groups in total. The van der Waals surface area contributed by atoms with Crippen LogP contribution >= 0.6 is 0 Å². The molecule has 1 aromatic rings. The smallest absolute Gasteiger partial charge is 0.136 e. The lowest BCUT2D eigenvalue weighted by molar-refractivity contribution is 0.521. The van der Waals surface area contributed by atoms with Gasteiger partial charge in [0.05, 0.1) is 11.7 Å². The monoisotopic (exact) mass is 227 g/mol.